The number of nitrogens with zero attached hydrogens (tertiary/aromatic N) is 2. The zero-order valence-corrected chi connectivity index (χ0v) is 22.2. The highest BCUT2D eigenvalue weighted by Crippen LogP contribution is 2.40. The average molecular weight is 522 g/mol. The van der Waals surface area contributed by atoms with Crippen molar-refractivity contribution in [3.05, 3.63) is 53.1 Å². The number of ether oxygens (including phenoxy) is 3. The van der Waals surface area contributed by atoms with Crippen LogP contribution in [0.5, 0.6) is 11.5 Å². The number of rotatable bonds is 11. The van der Waals surface area contributed by atoms with Gasteiger partial charge in [0.1, 0.15) is 29.7 Å². The van der Waals surface area contributed by atoms with Crippen molar-refractivity contribution in [3.63, 3.8) is 0 Å². The van der Waals surface area contributed by atoms with Gasteiger partial charge in [0.2, 0.25) is 0 Å². The molecular formula is C27H34F3N3O4. The molecule has 0 fully saturated rings. The number of aliphatic hydroxyl groups is 1. The van der Waals surface area contributed by atoms with E-state index in [0.29, 0.717) is 40.7 Å². The molecule has 0 aliphatic rings. The molecule has 0 saturated heterocycles. The molecule has 3 rings (SSSR count). The van der Waals surface area contributed by atoms with Crippen molar-refractivity contribution in [2.75, 3.05) is 26.1 Å². The number of halogens is 3. The highest BCUT2D eigenvalue weighted by molar-refractivity contribution is 5.91. The molecule has 2 N–H and O–H groups in total. The largest absolute Gasteiger partial charge is 0.493 e. The Labute approximate surface area is 215 Å². The molecule has 1 heterocycles. The number of methoxy groups -OCH3 is 2. The second-order valence-corrected chi connectivity index (χ2v) is 9.73. The van der Waals surface area contributed by atoms with Crippen molar-refractivity contribution in [3.8, 4) is 11.5 Å². The van der Waals surface area contributed by atoms with E-state index in [4.69, 9.17) is 14.2 Å². The van der Waals surface area contributed by atoms with E-state index in [9.17, 15) is 13.9 Å². The molecule has 1 unspecified atom stereocenters. The summed E-state index contributed by atoms with van der Waals surface area (Å²) in [6.07, 6.45) is -0.135. The third kappa shape index (κ3) is 6.07. The lowest BCUT2D eigenvalue weighted by molar-refractivity contribution is -0.170. The highest BCUT2D eigenvalue weighted by Gasteiger charge is 2.49. The van der Waals surface area contributed by atoms with Crippen LogP contribution in [0.2, 0.25) is 0 Å². The Bertz CT molecular complexity index is 1250. The van der Waals surface area contributed by atoms with Gasteiger partial charge in [0, 0.05) is 30.7 Å². The predicted octanol–water partition coefficient (Wildman–Crippen LogP) is 5.61. The lowest BCUT2D eigenvalue weighted by Crippen LogP contribution is -2.41. The van der Waals surface area contributed by atoms with Gasteiger partial charge < -0.3 is 24.6 Å². The number of aromatic nitrogens is 2. The summed E-state index contributed by atoms with van der Waals surface area (Å²) in [5, 5.41) is 13.5. The molecule has 0 amide bonds. The summed E-state index contributed by atoms with van der Waals surface area (Å²) in [5.41, 5.74) is -2.75. The Morgan fingerprint density at radius 1 is 1.08 bits per heavy atom. The number of fused-ring (bicyclic) bond motifs is 1. The highest BCUT2D eigenvalue weighted by atomic mass is 19.3. The van der Waals surface area contributed by atoms with Gasteiger partial charge in [-0.05, 0) is 38.8 Å². The number of aryl methyl sites for hydroxylation is 1. The van der Waals surface area contributed by atoms with Crippen molar-refractivity contribution >= 4 is 16.7 Å². The summed E-state index contributed by atoms with van der Waals surface area (Å²) < 4.78 is 61.5. The first-order valence-corrected chi connectivity index (χ1v) is 11.9. The second kappa shape index (κ2) is 11.1. The van der Waals surface area contributed by atoms with Crippen molar-refractivity contribution in [2.24, 2.45) is 5.92 Å². The fourth-order valence-corrected chi connectivity index (χ4v) is 3.83. The van der Waals surface area contributed by atoms with Crippen LogP contribution in [0.4, 0.5) is 19.0 Å². The smallest absolute Gasteiger partial charge is 0.303 e. The molecule has 0 aliphatic carbocycles. The first kappa shape index (κ1) is 28.5. The van der Waals surface area contributed by atoms with Gasteiger partial charge in [0.25, 0.3) is 0 Å². The third-order valence-electron chi connectivity index (χ3n) is 6.17. The molecular weight excluding hydrogens is 487 g/mol. The first-order chi connectivity index (χ1) is 17.3. The van der Waals surface area contributed by atoms with Gasteiger partial charge in [-0.3, -0.25) is 0 Å². The Morgan fingerprint density at radius 2 is 1.78 bits per heavy atom. The zero-order valence-electron chi connectivity index (χ0n) is 22.2. The van der Waals surface area contributed by atoms with Crippen molar-refractivity contribution < 1.29 is 32.5 Å². The van der Waals surface area contributed by atoms with Gasteiger partial charge in [-0.15, -0.1) is 0 Å². The molecule has 3 aromatic rings. The minimum Gasteiger partial charge on any atom is -0.493 e. The van der Waals surface area contributed by atoms with Gasteiger partial charge in [-0.1, -0.05) is 26.0 Å². The van der Waals surface area contributed by atoms with Crippen molar-refractivity contribution in [1.29, 1.82) is 0 Å². The number of nitrogens with one attached hydrogen (secondary N) is 1. The Hall–Kier alpha value is -3.11. The van der Waals surface area contributed by atoms with Crippen LogP contribution in [-0.2, 0) is 17.2 Å². The van der Waals surface area contributed by atoms with E-state index in [1.54, 1.807) is 26.2 Å². The van der Waals surface area contributed by atoms with Crippen LogP contribution in [0.15, 0.2) is 30.3 Å². The van der Waals surface area contributed by atoms with Crippen molar-refractivity contribution in [1.82, 2.24) is 9.97 Å². The molecule has 0 spiro atoms. The molecule has 0 aliphatic heterocycles. The average Bonchev–Trinajstić information content (AvgIpc) is 2.82. The number of hydrogen-bond donors (Lipinski definition) is 2. The summed E-state index contributed by atoms with van der Waals surface area (Å²) in [4.78, 5) is 8.90. The standard InChI is InChI=1S/C27H34F3N3O4/c1-15(2)23(36-7)14-37-22-11-18-20(12-21(22)35-6)32-16(3)33-25(18)31-13-17-9-8-10-19(24(17)28)27(29,30)26(4,5)34/h8-12,15,23,34H,13-14H2,1-7H3,(H,31,32,33). The third-order valence-corrected chi connectivity index (χ3v) is 6.17. The molecule has 202 valence electrons. The lowest BCUT2D eigenvalue weighted by Gasteiger charge is -2.30. The number of alkyl halides is 2. The Morgan fingerprint density at radius 3 is 2.38 bits per heavy atom. The molecule has 7 nitrogen and oxygen atoms in total. The van der Waals surface area contributed by atoms with E-state index in [1.165, 1.54) is 19.2 Å². The quantitative estimate of drug-likeness (QED) is 0.339. The first-order valence-electron chi connectivity index (χ1n) is 11.9. The van der Waals surface area contributed by atoms with Crippen LogP contribution in [0.25, 0.3) is 10.9 Å². The van der Waals surface area contributed by atoms with Gasteiger partial charge in [0.05, 0.1) is 24.3 Å². The summed E-state index contributed by atoms with van der Waals surface area (Å²) in [5.74, 6) is -2.90. The fraction of sp³-hybridized carbons (Fsp3) is 0.481. The van der Waals surface area contributed by atoms with Crippen LogP contribution >= 0.6 is 0 Å². The SMILES string of the molecule is COc1cc2nc(C)nc(NCc3cccc(C(F)(F)C(C)(C)O)c3F)c2cc1OCC(OC)C(C)C. The van der Waals surface area contributed by atoms with E-state index in [2.05, 4.69) is 15.3 Å². The maximum Gasteiger partial charge on any atom is 0.303 e. The van der Waals surface area contributed by atoms with Crippen LogP contribution in [0.3, 0.4) is 0 Å². The molecule has 0 radical (unpaired) electrons. The topological polar surface area (TPSA) is 85.7 Å². The van der Waals surface area contributed by atoms with Crippen molar-refractivity contribution in [2.45, 2.75) is 58.8 Å². The molecule has 2 aromatic carbocycles. The van der Waals surface area contributed by atoms with Gasteiger partial charge in [0.15, 0.2) is 11.5 Å². The van der Waals surface area contributed by atoms with Gasteiger partial charge in [-0.25, -0.2) is 14.4 Å². The maximum atomic E-state index is 15.1. The lowest BCUT2D eigenvalue weighted by atomic mass is 9.92. The second-order valence-electron chi connectivity index (χ2n) is 9.73. The fourth-order valence-electron chi connectivity index (χ4n) is 3.83. The summed E-state index contributed by atoms with van der Waals surface area (Å²) >= 11 is 0. The molecule has 0 bridgehead atoms. The summed E-state index contributed by atoms with van der Waals surface area (Å²) in [6, 6.07) is 7.14. The zero-order chi connectivity index (χ0) is 27.5. The normalized spacial score (nSPS) is 13.2. The molecule has 37 heavy (non-hydrogen) atoms. The Kier molecular flexibility index (Phi) is 8.54. The minimum absolute atomic E-state index is 0.00399. The molecule has 1 atom stereocenters. The molecule has 1 aromatic heterocycles. The molecule has 0 saturated carbocycles. The number of hydrogen-bond acceptors (Lipinski definition) is 7. The van der Waals surface area contributed by atoms with Gasteiger partial charge >= 0.3 is 5.92 Å². The van der Waals surface area contributed by atoms with E-state index in [0.717, 1.165) is 19.9 Å². The maximum absolute atomic E-state index is 15.1. The number of benzene rings is 2. The van der Waals surface area contributed by atoms with Crippen LogP contribution in [-0.4, -0.2) is 47.6 Å². The summed E-state index contributed by atoms with van der Waals surface area (Å²) in [7, 11) is 3.15. The van der Waals surface area contributed by atoms with E-state index in [1.807, 2.05) is 13.8 Å². The monoisotopic (exact) mass is 521 g/mol. The van der Waals surface area contributed by atoms with E-state index >= 15 is 4.39 Å². The molecule has 10 heteroatoms. The van der Waals surface area contributed by atoms with Crippen LogP contribution < -0.4 is 14.8 Å². The van der Waals surface area contributed by atoms with Crippen LogP contribution in [0, 0.1) is 18.7 Å². The van der Waals surface area contributed by atoms with Gasteiger partial charge in [-0.2, -0.15) is 8.78 Å². The minimum atomic E-state index is -3.79. The summed E-state index contributed by atoms with van der Waals surface area (Å²) in [6.45, 7) is 7.80. The Balaban J connectivity index is 1.96. The van der Waals surface area contributed by atoms with Crippen LogP contribution in [0.1, 0.15) is 44.6 Å². The predicted molar refractivity (Wildman–Crippen MR) is 136 cm³/mol. The van der Waals surface area contributed by atoms with E-state index < -0.39 is 22.9 Å². The van der Waals surface area contributed by atoms with E-state index in [-0.39, 0.29) is 24.1 Å². The number of anilines is 1.